The van der Waals surface area contributed by atoms with E-state index >= 15 is 0 Å². The van der Waals surface area contributed by atoms with Gasteiger partial charge in [-0.25, -0.2) is 14.6 Å². The summed E-state index contributed by atoms with van der Waals surface area (Å²) >= 11 is 1.54. The smallest absolute Gasteiger partial charge is 0.326 e. The number of rotatable bonds is 8. The van der Waals surface area contributed by atoms with Gasteiger partial charge in [-0.1, -0.05) is 0 Å². The molecule has 0 aliphatic carbocycles. The second-order valence-corrected chi connectivity index (χ2v) is 5.14. The second-order valence-electron chi connectivity index (χ2n) is 4.16. The predicted molar refractivity (Wildman–Crippen MR) is 75.7 cm³/mol. The lowest BCUT2D eigenvalue weighted by molar-refractivity contribution is -0.139. The minimum Gasteiger partial charge on any atom is -0.480 e. The first-order valence-electron chi connectivity index (χ1n) is 6.13. The largest absolute Gasteiger partial charge is 0.480 e. The summed E-state index contributed by atoms with van der Waals surface area (Å²) in [6.07, 6.45) is 4.36. The van der Waals surface area contributed by atoms with Crippen molar-refractivity contribution in [1.82, 2.24) is 25.4 Å². The van der Waals surface area contributed by atoms with Crippen molar-refractivity contribution in [3.63, 3.8) is 0 Å². The number of carboxylic acids is 1. The molecule has 0 aliphatic rings. The molecular weight excluding hydrogens is 282 g/mol. The molecule has 1 aromatic heterocycles. The molecule has 0 bridgehead atoms. The molecule has 0 saturated heterocycles. The van der Waals surface area contributed by atoms with E-state index in [0.29, 0.717) is 31.0 Å². The molecule has 112 valence electrons. The minimum atomic E-state index is -1.03. The van der Waals surface area contributed by atoms with Crippen LogP contribution in [0.1, 0.15) is 12.2 Å². The maximum Gasteiger partial charge on any atom is 0.326 e. The molecule has 0 spiro atoms. The summed E-state index contributed by atoms with van der Waals surface area (Å²) in [5, 5.41) is 18.1. The van der Waals surface area contributed by atoms with Crippen molar-refractivity contribution in [2.45, 2.75) is 18.9 Å². The van der Waals surface area contributed by atoms with Crippen molar-refractivity contribution in [3.8, 4) is 0 Å². The molecule has 2 amide bonds. The third kappa shape index (κ3) is 5.91. The number of nitrogens with one attached hydrogen (secondary N) is 2. The van der Waals surface area contributed by atoms with E-state index in [2.05, 4.69) is 20.7 Å². The van der Waals surface area contributed by atoms with E-state index in [4.69, 9.17) is 5.11 Å². The molecule has 1 heterocycles. The highest BCUT2D eigenvalue weighted by Gasteiger charge is 2.18. The SMILES string of the molecule is CSCCC(NC(=O)NCCc1ncn(C)n1)C(=O)O. The third-order valence-electron chi connectivity index (χ3n) is 2.50. The van der Waals surface area contributed by atoms with Gasteiger partial charge in [-0.2, -0.15) is 16.9 Å². The van der Waals surface area contributed by atoms with Gasteiger partial charge in [0.15, 0.2) is 5.82 Å². The number of carbonyl (C=O) groups excluding carboxylic acids is 1. The van der Waals surface area contributed by atoms with Crippen LogP contribution in [0.25, 0.3) is 0 Å². The lowest BCUT2D eigenvalue weighted by Crippen LogP contribution is -2.46. The number of amides is 2. The van der Waals surface area contributed by atoms with Crippen molar-refractivity contribution in [3.05, 3.63) is 12.2 Å². The van der Waals surface area contributed by atoms with Crippen molar-refractivity contribution in [2.75, 3.05) is 18.6 Å². The molecule has 9 heteroatoms. The molecule has 1 rings (SSSR count). The van der Waals surface area contributed by atoms with E-state index in [-0.39, 0.29) is 0 Å². The first-order chi connectivity index (χ1) is 9.52. The predicted octanol–water partition coefficient (Wildman–Crippen LogP) is -0.137. The van der Waals surface area contributed by atoms with Gasteiger partial charge in [0.2, 0.25) is 0 Å². The summed E-state index contributed by atoms with van der Waals surface area (Å²) in [7, 11) is 1.76. The van der Waals surface area contributed by atoms with Gasteiger partial charge < -0.3 is 15.7 Å². The van der Waals surface area contributed by atoms with Crippen molar-refractivity contribution in [1.29, 1.82) is 0 Å². The maximum absolute atomic E-state index is 11.6. The van der Waals surface area contributed by atoms with Gasteiger partial charge in [-0.15, -0.1) is 0 Å². The molecule has 1 unspecified atom stereocenters. The zero-order valence-corrected chi connectivity index (χ0v) is 12.3. The van der Waals surface area contributed by atoms with Crippen LogP contribution in [-0.4, -0.2) is 56.5 Å². The van der Waals surface area contributed by atoms with Gasteiger partial charge in [0.1, 0.15) is 12.4 Å². The number of aromatic nitrogens is 3. The van der Waals surface area contributed by atoms with Crippen LogP contribution < -0.4 is 10.6 Å². The summed E-state index contributed by atoms with van der Waals surface area (Å²) in [4.78, 5) is 26.6. The topological polar surface area (TPSA) is 109 Å². The highest BCUT2D eigenvalue weighted by atomic mass is 32.2. The fraction of sp³-hybridized carbons (Fsp3) is 0.636. The highest BCUT2D eigenvalue weighted by molar-refractivity contribution is 7.98. The number of carboxylic acid groups (broad SMARTS) is 1. The van der Waals surface area contributed by atoms with Crippen LogP contribution in [0.4, 0.5) is 4.79 Å². The quantitative estimate of drug-likeness (QED) is 0.617. The number of hydrogen-bond acceptors (Lipinski definition) is 5. The molecule has 0 fully saturated rings. The average Bonchev–Trinajstić information content (AvgIpc) is 2.80. The van der Waals surface area contributed by atoms with Gasteiger partial charge in [0.05, 0.1) is 0 Å². The Balaban J connectivity index is 2.28. The van der Waals surface area contributed by atoms with Crippen LogP contribution in [0.15, 0.2) is 6.33 Å². The molecule has 20 heavy (non-hydrogen) atoms. The monoisotopic (exact) mass is 301 g/mol. The molecule has 3 N–H and O–H groups in total. The van der Waals surface area contributed by atoms with Gasteiger partial charge in [-0.05, 0) is 18.4 Å². The average molecular weight is 301 g/mol. The van der Waals surface area contributed by atoms with E-state index in [9.17, 15) is 9.59 Å². The number of nitrogens with zero attached hydrogens (tertiary/aromatic N) is 3. The van der Waals surface area contributed by atoms with Crippen LogP contribution in [0.3, 0.4) is 0 Å². The molecule has 0 aliphatic heterocycles. The summed E-state index contributed by atoms with van der Waals surface area (Å²) in [5.41, 5.74) is 0. The van der Waals surface area contributed by atoms with Crippen LogP contribution in [0, 0.1) is 0 Å². The molecule has 1 aromatic rings. The summed E-state index contributed by atoms with van der Waals surface area (Å²) in [6.45, 7) is 0.352. The molecule has 0 radical (unpaired) electrons. The van der Waals surface area contributed by atoms with Crippen LogP contribution in [0.5, 0.6) is 0 Å². The normalized spacial score (nSPS) is 11.9. The number of aliphatic carboxylic acids is 1. The maximum atomic E-state index is 11.6. The number of hydrogen-bond donors (Lipinski definition) is 3. The summed E-state index contributed by atoms with van der Waals surface area (Å²) in [6, 6.07) is -1.36. The van der Waals surface area contributed by atoms with Gasteiger partial charge in [-0.3, -0.25) is 4.68 Å². The summed E-state index contributed by atoms with van der Waals surface area (Å²) in [5.74, 6) is 0.278. The Hall–Kier alpha value is -1.77. The Morgan fingerprint density at radius 3 is 2.85 bits per heavy atom. The zero-order valence-electron chi connectivity index (χ0n) is 11.5. The van der Waals surface area contributed by atoms with Gasteiger partial charge in [0, 0.05) is 20.0 Å². The van der Waals surface area contributed by atoms with Gasteiger partial charge >= 0.3 is 12.0 Å². The van der Waals surface area contributed by atoms with Crippen molar-refractivity contribution in [2.24, 2.45) is 7.05 Å². The standard InChI is InChI=1S/C11H19N5O3S/c1-16-7-13-9(15-16)3-5-12-11(19)14-8(10(17)18)4-6-20-2/h7-8H,3-6H2,1-2H3,(H,17,18)(H2,12,14,19). The Morgan fingerprint density at radius 2 is 2.30 bits per heavy atom. The fourth-order valence-electron chi connectivity index (χ4n) is 1.49. The summed E-state index contributed by atoms with van der Waals surface area (Å²) < 4.78 is 1.58. The van der Waals surface area contributed by atoms with E-state index in [1.165, 1.54) is 11.8 Å². The molecule has 1 atom stereocenters. The lowest BCUT2D eigenvalue weighted by Gasteiger charge is -2.14. The third-order valence-corrected chi connectivity index (χ3v) is 3.14. The Morgan fingerprint density at radius 1 is 1.55 bits per heavy atom. The van der Waals surface area contributed by atoms with Crippen LogP contribution in [-0.2, 0) is 18.3 Å². The van der Waals surface area contributed by atoms with Crippen molar-refractivity contribution >= 4 is 23.8 Å². The molecule has 0 aromatic carbocycles. The number of aryl methyl sites for hydroxylation is 1. The van der Waals surface area contributed by atoms with Gasteiger partial charge in [0.25, 0.3) is 0 Å². The molecular formula is C11H19N5O3S. The van der Waals surface area contributed by atoms with Crippen LogP contribution >= 0.6 is 11.8 Å². The number of urea groups is 1. The number of thioether (sulfide) groups is 1. The molecule has 8 nitrogen and oxygen atoms in total. The zero-order chi connectivity index (χ0) is 15.0. The Labute approximate surface area is 121 Å². The minimum absolute atomic E-state index is 0.352. The second kappa shape index (κ2) is 8.41. The van der Waals surface area contributed by atoms with Crippen LogP contribution in [0.2, 0.25) is 0 Å². The first-order valence-corrected chi connectivity index (χ1v) is 7.53. The Kier molecular flexibility index (Phi) is 6.85. The van der Waals surface area contributed by atoms with E-state index in [1.54, 1.807) is 18.1 Å². The van der Waals surface area contributed by atoms with E-state index in [1.807, 2.05) is 6.26 Å². The van der Waals surface area contributed by atoms with E-state index < -0.39 is 18.0 Å². The van der Waals surface area contributed by atoms with E-state index in [0.717, 1.165) is 0 Å². The Bertz CT molecular complexity index is 451. The van der Waals surface area contributed by atoms with Crippen molar-refractivity contribution < 1.29 is 14.7 Å². The highest BCUT2D eigenvalue weighted by Crippen LogP contribution is 2.00. The molecule has 0 saturated carbocycles. The lowest BCUT2D eigenvalue weighted by atomic mass is 10.2. The fourth-order valence-corrected chi connectivity index (χ4v) is 1.96. The number of carbonyl (C=O) groups is 2. The first kappa shape index (κ1) is 16.3.